The molecule has 1 aliphatic rings. The lowest BCUT2D eigenvalue weighted by Gasteiger charge is -2.31. The first-order chi connectivity index (χ1) is 10.1. The second-order valence-electron chi connectivity index (χ2n) is 4.91. The van der Waals surface area contributed by atoms with Crippen LogP contribution in [0, 0.1) is 5.92 Å². The van der Waals surface area contributed by atoms with Gasteiger partial charge in [-0.3, -0.25) is 15.0 Å². The maximum absolute atomic E-state index is 12.1. The molecule has 21 heavy (non-hydrogen) atoms. The van der Waals surface area contributed by atoms with Gasteiger partial charge in [0.15, 0.2) is 0 Å². The average molecular weight is 328 g/mol. The molecule has 0 radical (unpaired) electrons. The van der Waals surface area contributed by atoms with E-state index in [4.69, 9.17) is 17.4 Å². The SMILES string of the molecule is NNC(=O)C1CCN(C(=O)CSc2cccc(Cl)c2)CC1. The molecule has 3 N–H and O–H groups in total. The number of likely N-dealkylation sites (tertiary alicyclic amines) is 1. The van der Waals surface area contributed by atoms with Crippen molar-refractivity contribution in [2.24, 2.45) is 11.8 Å². The molecule has 0 spiro atoms. The van der Waals surface area contributed by atoms with E-state index in [0.29, 0.717) is 36.7 Å². The van der Waals surface area contributed by atoms with Crippen molar-refractivity contribution in [3.63, 3.8) is 0 Å². The number of rotatable bonds is 4. The molecule has 114 valence electrons. The summed E-state index contributed by atoms with van der Waals surface area (Å²) in [6, 6.07) is 7.45. The predicted molar refractivity (Wildman–Crippen MR) is 83.8 cm³/mol. The Morgan fingerprint density at radius 1 is 1.38 bits per heavy atom. The Kier molecular flexibility index (Phi) is 5.90. The van der Waals surface area contributed by atoms with Gasteiger partial charge in [0, 0.05) is 28.9 Å². The number of nitrogens with two attached hydrogens (primary N) is 1. The van der Waals surface area contributed by atoms with Crippen LogP contribution >= 0.6 is 23.4 Å². The van der Waals surface area contributed by atoms with Crippen LogP contribution in [-0.4, -0.2) is 35.6 Å². The molecule has 0 saturated carbocycles. The van der Waals surface area contributed by atoms with E-state index in [9.17, 15) is 9.59 Å². The van der Waals surface area contributed by atoms with Crippen molar-refractivity contribution in [1.29, 1.82) is 0 Å². The number of halogens is 1. The van der Waals surface area contributed by atoms with Gasteiger partial charge in [-0.15, -0.1) is 11.8 Å². The van der Waals surface area contributed by atoms with Crippen LogP contribution in [0.15, 0.2) is 29.2 Å². The maximum Gasteiger partial charge on any atom is 0.237 e. The van der Waals surface area contributed by atoms with Crippen molar-refractivity contribution in [3.05, 3.63) is 29.3 Å². The van der Waals surface area contributed by atoms with E-state index in [1.54, 1.807) is 11.0 Å². The Morgan fingerprint density at radius 2 is 2.10 bits per heavy atom. The van der Waals surface area contributed by atoms with E-state index in [2.05, 4.69) is 5.43 Å². The van der Waals surface area contributed by atoms with Crippen LogP contribution in [0.2, 0.25) is 5.02 Å². The Balaban J connectivity index is 1.78. The molecule has 0 unspecified atom stereocenters. The molecule has 1 aromatic carbocycles. The zero-order valence-corrected chi connectivity index (χ0v) is 13.1. The molecule has 1 aliphatic heterocycles. The maximum atomic E-state index is 12.1. The molecule has 0 bridgehead atoms. The quantitative estimate of drug-likeness (QED) is 0.382. The number of benzene rings is 1. The molecular formula is C14H18ClN3O2S. The number of hydrazine groups is 1. The zero-order valence-electron chi connectivity index (χ0n) is 11.5. The number of carbonyl (C=O) groups excluding carboxylic acids is 2. The molecule has 2 amide bonds. The third-order valence-corrected chi connectivity index (χ3v) is 4.73. The first-order valence-electron chi connectivity index (χ1n) is 6.76. The summed E-state index contributed by atoms with van der Waals surface area (Å²) in [4.78, 5) is 26.4. The third-order valence-electron chi connectivity index (χ3n) is 3.52. The van der Waals surface area contributed by atoms with Crippen LogP contribution in [0.3, 0.4) is 0 Å². The second-order valence-corrected chi connectivity index (χ2v) is 6.39. The Labute approximate surface area is 133 Å². The number of nitrogens with zero attached hydrogens (tertiary/aromatic N) is 1. The van der Waals surface area contributed by atoms with E-state index in [0.717, 1.165) is 4.90 Å². The molecule has 0 aromatic heterocycles. The van der Waals surface area contributed by atoms with Crippen molar-refractivity contribution < 1.29 is 9.59 Å². The molecule has 2 rings (SSSR count). The van der Waals surface area contributed by atoms with Gasteiger partial charge in [0.1, 0.15) is 0 Å². The van der Waals surface area contributed by atoms with Gasteiger partial charge in [0.2, 0.25) is 11.8 Å². The van der Waals surface area contributed by atoms with E-state index in [-0.39, 0.29) is 17.7 Å². The molecule has 1 fully saturated rings. The van der Waals surface area contributed by atoms with E-state index >= 15 is 0 Å². The highest BCUT2D eigenvalue weighted by atomic mass is 35.5. The largest absolute Gasteiger partial charge is 0.342 e. The van der Waals surface area contributed by atoms with Crippen LogP contribution in [0.25, 0.3) is 0 Å². The zero-order chi connectivity index (χ0) is 15.2. The number of hydrogen-bond acceptors (Lipinski definition) is 4. The summed E-state index contributed by atoms with van der Waals surface area (Å²) < 4.78 is 0. The number of hydrogen-bond donors (Lipinski definition) is 2. The smallest absolute Gasteiger partial charge is 0.237 e. The number of piperidine rings is 1. The fraction of sp³-hybridized carbons (Fsp3) is 0.429. The standard InChI is InChI=1S/C14H18ClN3O2S/c15-11-2-1-3-12(8-11)21-9-13(19)18-6-4-10(5-7-18)14(20)17-16/h1-3,8,10H,4-7,9,16H2,(H,17,20). The summed E-state index contributed by atoms with van der Waals surface area (Å²) in [5, 5.41) is 0.668. The van der Waals surface area contributed by atoms with Gasteiger partial charge < -0.3 is 4.90 Å². The summed E-state index contributed by atoms with van der Waals surface area (Å²) in [5.41, 5.74) is 2.17. The Morgan fingerprint density at radius 3 is 2.71 bits per heavy atom. The topological polar surface area (TPSA) is 75.4 Å². The van der Waals surface area contributed by atoms with Crippen molar-refractivity contribution in [2.45, 2.75) is 17.7 Å². The van der Waals surface area contributed by atoms with Crippen LogP contribution in [0.4, 0.5) is 0 Å². The third kappa shape index (κ3) is 4.62. The lowest BCUT2D eigenvalue weighted by molar-refractivity contribution is -0.133. The van der Waals surface area contributed by atoms with Gasteiger partial charge in [-0.1, -0.05) is 17.7 Å². The molecule has 0 aliphatic carbocycles. The van der Waals surface area contributed by atoms with Crippen molar-refractivity contribution in [2.75, 3.05) is 18.8 Å². The molecule has 0 atom stereocenters. The molecule has 7 heteroatoms. The van der Waals surface area contributed by atoms with E-state index in [1.807, 2.05) is 18.2 Å². The highest BCUT2D eigenvalue weighted by molar-refractivity contribution is 8.00. The first-order valence-corrected chi connectivity index (χ1v) is 8.13. The number of carbonyl (C=O) groups is 2. The van der Waals surface area contributed by atoms with Gasteiger partial charge in [0.25, 0.3) is 0 Å². The summed E-state index contributed by atoms with van der Waals surface area (Å²) in [5.74, 6) is 5.37. The Bertz CT molecular complexity index is 519. The van der Waals surface area contributed by atoms with Gasteiger partial charge >= 0.3 is 0 Å². The molecule has 5 nitrogen and oxygen atoms in total. The van der Waals surface area contributed by atoms with Gasteiger partial charge in [-0.2, -0.15) is 0 Å². The van der Waals surface area contributed by atoms with E-state index in [1.165, 1.54) is 11.8 Å². The second kappa shape index (κ2) is 7.68. The minimum absolute atomic E-state index is 0.0837. The number of amides is 2. The fourth-order valence-corrected chi connectivity index (χ4v) is 3.41. The normalized spacial score (nSPS) is 15.8. The molecule has 1 saturated heterocycles. The van der Waals surface area contributed by atoms with E-state index < -0.39 is 0 Å². The summed E-state index contributed by atoms with van der Waals surface area (Å²) in [6.45, 7) is 1.21. The van der Waals surface area contributed by atoms with Crippen LogP contribution in [0.5, 0.6) is 0 Å². The molecule has 1 aromatic rings. The van der Waals surface area contributed by atoms with Crippen molar-refractivity contribution in [1.82, 2.24) is 10.3 Å². The van der Waals surface area contributed by atoms with Gasteiger partial charge in [-0.25, -0.2) is 5.84 Å². The lowest BCUT2D eigenvalue weighted by atomic mass is 9.96. The fourth-order valence-electron chi connectivity index (χ4n) is 2.30. The van der Waals surface area contributed by atoms with Crippen LogP contribution in [0.1, 0.15) is 12.8 Å². The van der Waals surface area contributed by atoms with Gasteiger partial charge in [0.05, 0.1) is 5.75 Å². The number of thioether (sulfide) groups is 1. The summed E-state index contributed by atoms with van der Waals surface area (Å²) in [6.07, 6.45) is 1.33. The van der Waals surface area contributed by atoms with Crippen LogP contribution in [-0.2, 0) is 9.59 Å². The predicted octanol–water partition coefficient (Wildman–Crippen LogP) is 1.66. The summed E-state index contributed by atoms with van der Waals surface area (Å²) >= 11 is 7.38. The minimum atomic E-state index is -0.143. The highest BCUT2D eigenvalue weighted by Crippen LogP contribution is 2.23. The molecule has 1 heterocycles. The van der Waals surface area contributed by atoms with Crippen LogP contribution < -0.4 is 11.3 Å². The highest BCUT2D eigenvalue weighted by Gasteiger charge is 2.26. The first kappa shape index (κ1) is 16.1. The van der Waals surface area contributed by atoms with Crippen molar-refractivity contribution >= 4 is 35.2 Å². The minimum Gasteiger partial charge on any atom is -0.342 e. The molecular weight excluding hydrogens is 310 g/mol. The van der Waals surface area contributed by atoms with Crippen molar-refractivity contribution in [3.8, 4) is 0 Å². The Hall–Kier alpha value is -1.24. The number of nitrogens with one attached hydrogen (secondary N) is 1. The lowest BCUT2D eigenvalue weighted by Crippen LogP contribution is -2.45. The monoisotopic (exact) mass is 327 g/mol. The van der Waals surface area contributed by atoms with Gasteiger partial charge in [-0.05, 0) is 31.0 Å². The summed E-state index contributed by atoms with van der Waals surface area (Å²) in [7, 11) is 0. The average Bonchev–Trinajstić information content (AvgIpc) is 2.52.